The molecule has 2 N–H and O–H groups in total. The first-order valence-electron chi connectivity index (χ1n) is 6.97. The van der Waals surface area contributed by atoms with Gasteiger partial charge in [0, 0.05) is 6.54 Å². The number of hydrogen-bond acceptors (Lipinski definition) is 7. The van der Waals surface area contributed by atoms with E-state index in [9.17, 15) is 24.6 Å². The van der Waals surface area contributed by atoms with Crippen LogP contribution in [-0.2, 0) is 30.4 Å². The molecule has 24 heavy (non-hydrogen) atoms. The van der Waals surface area contributed by atoms with E-state index in [0.717, 1.165) is 19.8 Å². The molecule has 1 aromatic rings. The minimum absolute atomic E-state index is 0.227. The number of carbonyl (C=O) groups is 3. The summed E-state index contributed by atoms with van der Waals surface area (Å²) < 4.78 is 8.96. The monoisotopic (exact) mass is 335 g/mol. The van der Waals surface area contributed by atoms with Gasteiger partial charge in [0.05, 0.1) is 14.2 Å². The van der Waals surface area contributed by atoms with Crippen molar-refractivity contribution in [3.05, 3.63) is 46.7 Å². The number of rotatable bonds is 4. The normalized spacial score (nSPS) is 20.3. The van der Waals surface area contributed by atoms with Crippen LogP contribution in [0.2, 0.25) is 0 Å². The average Bonchev–Trinajstić information content (AvgIpc) is 2.77. The van der Waals surface area contributed by atoms with Gasteiger partial charge in [-0.15, -0.1) is 0 Å². The van der Waals surface area contributed by atoms with Gasteiger partial charge in [0.1, 0.15) is 5.57 Å². The molecule has 1 heterocycles. The van der Waals surface area contributed by atoms with Gasteiger partial charge in [-0.05, 0) is 12.5 Å². The molecule has 1 amide bonds. The summed E-state index contributed by atoms with van der Waals surface area (Å²) in [5.74, 6) is -4.63. The van der Waals surface area contributed by atoms with Gasteiger partial charge in [0.25, 0.3) is 11.6 Å². The lowest BCUT2D eigenvalue weighted by atomic mass is 10.0. The first kappa shape index (κ1) is 17.5. The molecule has 0 bridgehead atoms. The van der Waals surface area contributed by atoms with Gasteiger partial charge in [-0.25, -0.2) is 9.59 Å². The van der Waals surface area contributed by atoms with Crippen LogP contribution < -0.4 is 0 Å². The molecule has 1 aliphatic rings. The lowest BCUT2D eigenvalue weighted by Gasteiger charge is -2.31. The predicted octanol–water partition coefficient (Wildman–Crippen LogP) is 0.184. The van der Waals surface area contributed by atoms with Crippen LogP contribution in [0.25, 0.3) is 0 Å². The number of aliphatic hydroxyl groups is 2. The Hall–Kier alpha value is -2.87. The molecule has 1 atom stereocenters. The van der Waals surface area contributed by atoms with Crippen molar-refractivity contribution < 1.29 is 34.1 Å². The molecule has 0 aliphatic carbocycles. The molecular weight excluding hydrogens is 318 g/mol. The van der Waals surface area contributed by atoms with E-state index in [2.05, 4.69) is 9.47 Å². The lowest BCUT2D eigenvalue weighted by molar-refractivity contribution is -0.182. The molecule has 1 aliphatic heterocycles. The highest BCUT2D eigenvalue weighted by atomic mass is 16.6. The molecule has 0 saturated heterocycles. The minimum Gasteiger partial charge on any atom is -0.503 e. The van der Waals surface area contributed by atoms with Crippen molar-refractivity contribution in [1.29, 1.82) is 0 Å². The minimum atomic E-state index is -2.77. The highest BCUT2D eigenvalue weighted by Crippen LogP contribution is 2.36. The summed E-state index contributed by atoms with van der Waals surface area (Å²) in [6.45, 7) is 1.65. The molecule has 0 radical (unpaired) electrons. The predicted molar refractivity (Wildman–Crippen MR) is 80.4 cm³/mol. The highest BCUT2D eigenvalue weighted by Gasteiger charge is 2.60. The molecule has 8 nitrogen and oxygen atoms in total. The van der Waals surface area contributed by atoms with Crippen LogP contribution in [-0.4, -0.2) is 52.9 Å². The quantitative estimate of drug-likeness (QED) is 0.755. The van der Waals surface area contributed by atoms with E-state index >= 15 is 0 Å². The summed E-state index contributed by atoms with van der Waals surface area (Å²) in [5, 5.41) is 20.7. The number of hydrogen-bond donors (Lipinski definition) is 2. The van der Waals surface area contributed by atoms with Gasteiger partial charge in [-0.2, -0.15) is 0 Å². The molecular formula is C16H17NO7. The van der Waals surface area contributed by atoms with Gasteiger partial charge >= 0.3 is 11.9 Å². The van der Waals surface area contributed by atoms with E-state index in [0.29, 0.717) is 10.5 Å². The molecule has 1 unspecified atom stereocenters. The summed E-state index contributed by atoms with van der Waals surface area (Å²) in [6.07, 6.45) is 0. The van der Waals surface area contributed by atoms with Gasteiger partial charge in [-0.3, -0.25) is 9.69 Å². The third kappa shape index (κ3) is 2.61. The third-order valence-electron chi connectivity index (χ3n) is 3.74. The van der Waals surface area contributed by atoms with Gasteiger partial charge in [0.15, 0.2) is 5.76 Å². The maximum absolute atomic E-state index is 12.3. The van der Waals surface area contributed by atoms with Gasteiger partial charge in [-0.1, -0.05) is 29.8 Å². The fourth-order valence-electron chi connectivity index (χ4n) is 2.44. The van der Waals surface area contributed by atoms with Crippen LogP contribution in [0, 0.1) is 6.92 Å². The number of aryl methyl sites for hydroxylation is 1. The number of ether oxygens (including phenoxy) is 2. The van der Waals surface area contributed by atoms with Crippen molar-refractivity contribution in [2.24, 2.45) is 0 Å². The zero-order chi connectivity index (χ0) is 18.1. The molecule has 0 spiro atoms. The van der Waals surface area contributed by atoms with E-state index in [4.69, 9.17) is 0 Å². The molecule has 0 aromatic heterocycles. The zero-order valence-electron chi connectivity index (χ0n) is 13.4. The summed E-state index contributed by atoms with van der Waals surface area (Å²) in [7, 11) is 1.98. The largest absolute Gasteiger partial charge is 0.503 e. The van der Waals surface area contributed by atoms with Crippen molar-refractivity contribution in [2.75, 3.05) is 14.2 Å². The number of carbonyl (C=O) groups excluding carboxylic acids is 3. The smallest absolute Gasteiger partial charge is 0.365 e. The number of aliphatic hydroxyl groups excluding tert-OH is 1. The van der Waals surface area contributed by atoms with Crippen LogP contribution >= 0.6 is 0 Å². The Morgan fingerprint density at radius 1 is 1.17 bits per heavy atom. The second-order valence-corrected chi connectivity index (χ2v) is 5.26. The number of amides is 1. The number of nitrogens with zero attached hydrogens (tertiary/aromatic N) is 1. The van der Waals surface area contributed by atoms with Crippen LogP contribution in [0.3, 0.4) is 0 Å². The molecule has 128 valence electrons. The van der Waals surface area contributed by atoms with Crippen molar-refractivity contribution in [3.8, 4) is 0 Å². The maximum atomic E-state index is 12.3. The van der Waals surface area contributed by atoms with Gasteiger partial charge in [0.2, 0.25) is 0 Å². The van der Waals surface area contributed by atoms with E-state index < -0.39 is 34.9 Å². The Balaban J connectivity index is 2.50. The van der Waals surface area contributed by atoms with Crippen LogP contribution in [0.15, 0.2) is 35.6 Å². The van der Waals surface area contributed by atoms with Crippen molar-refractivity contribution >= 4 is 17.8 Å². The molecule has 2 rings (SSSR count). The van der Waals surface area contributed by atoms with Crippen LogP contribution in [0.1, 0.15) is 11.1 Å². The van der Waals surface area contributed by atoms with E-state index in [1.165, 1.54) is 0 Å². The second-order valence-electron chi connectivity index (χ2n) is 5.26. The summed E-state index contributed by atoms with van der Waals surface area (Å²) in [6, 6.07) is 6.93. The summed E-state index contributed by atoms with van der Waals surface area (Å²) >= 11 is 0. The van der Waals surface area contributed by atoms with Crippen molar-refractivity contribution in [1.82, 2.24) is 4.90 Å². The van der Waals surface area contributed by atoms with Gasteiger partial charge < -0.3 is 19.7 Å². The Bertz CT molecular complexity index is 722. The number of esters is 2. The first-order chi connectivity index (χ1) is 11.3. The van der Waals surface area contributed by atoms with Crippen LogP contribution in [0.4, 0.5) is 0 Å². The van der Waals surface area contributed by atoms with Crippen molar-refractivity contribution in [2.45, 2.75) is 19.2 Å². The van der Waals surface area contributed by atoms with Crippen LogP contribution in [0.5, 0.6) is 0 Å². The standard InChI is InChI=1S/C16H17NO7/c1-9-4-6-10(7-5-9)8-17-13(19)12(18)11(14(20)23-2)16(17,22)15(21)24-3/h4-7,18,22H,8H2,1-3H3. The Morgan fingerprint density at radius 2 is 1.75 bits per heavy atom. The van der Waals surface area contributed by atoms with E-state index in [1.54, 1.807) is 24.3 Å². The summed E-state index contributed by atoms with van der Waals surface area (Å²) in [5.41, 5.74) is -2.08. The maximum Gasteiger partial charge on any atom is 0.365 e. The zero-order valence-corrected chi connectivity index (χ0v) is 13.4. The molecule has 0 saturated carbocycles. The summed E-state index contributed by atoms with van der Waals surface area (Å²) in [4.78, 5) is 36.9. The fraction of sp³-hybridized carbons (Fsp3) is 0.312. The number of benzene rings is 1. The number of methoxy groups -OCH3 is 2. The highest BCUT2D eigenvalue weighted by molar-refractivity contribution is 6.12. The lowest BCUT2D eigenvalue weighted by Crippen LogP contribution is -2.55. The Morgan fingerprint density at radius 3 is 2.25 bits per heavy atom. The Kier molecular flexibility index (Phi) is 4.61. The molecule has 8 heteroatoms. The second kappa shape index (κ2) is 6.32. The van der Waals surface area contributed by atoms with Crippen molar-refractivity contribution in [3.63, 3.8) is 0 Å². The topological polar surface area (TPSA) is 113 Å². The first-order valence-corrected chi connectivity index (χ1v) is 6.97. The molecule has 1 aromatic carbocycles. The Labute approximate surface area is 137 Å². The average molecular weight is 335 g/mol. The third-order valence-corrected chi connectivity index (χ3v) is 3.74. The fourth-order valence-corrected chi connectivity index (χ4v) is 2.44. The van der Waals surface area contributed by atoms with E-state index in [-0.39, 0.29) is 6.54 Å². The molecule has 0 fully saturated rings. The SMILES string of the molecule is COC(=O)C1=C(O)C(=O)N(Cc2ccc(C)cc2)C1(O)C(=O)OC. The van der Waals surface area contributed by atoms with E-state index in [1.807, 2.05) is 6.92 Å².